The van der Waals surface area contributed by atoms with Gasteiger partial charge in [-0.05, 0) is 30.9 Å². The van der Waals surface area contributed by atoms with Crippen LogP contribution in [-0.2, 0) is 0 Å². The highest BCUT2D eigenvalue weighted by molar-refractivity contribution is 6.39. The minimum Gasteiger partial charge on any atom is -0.482 e. The number of fused-ring (bicyclic) bond motifs is 1. The van der Waals surface area contributed by atoms with Gasteiger partial charge in [0.1, 0.15) is 6.10 Å². The molecule has 4 rings (SSSR count). The Balaban J connectivity index is 1.67. The minimum atomic E-state index is -3.01. The number of amides is 1. The number of aromatic nitrogens is 1. The first kappa shape index (κ1) is 19.0. The molecule has 0 unspecified atom stereocenters. The zero-order valence-corrected chi connectivity index (χ0v) is 15.9. The molecular formula is C18H15Cl2F2N3O3. The van der Waals surface area contributed by atoms with Crippen molar-refractivity contribution in [2.45, 2.75) is 25.6 Å². The van der Waals surface area contributed by atoms with Crippen molar-refractivity contribution in [1.29, 1.82) is 0 Å². The summed E-state index contributed by atoms with van der Waals surface area (Å²) in [5.41, 5.74) is 0.682. The highest BCUT2D eigenvalue weighted by Gasteiger charge is 2.37. The zero-order valence-electron chi connectivity index (χ0n) is 14.3. The summed E-state index contributed by atoms with van der Waals surface area (Å²) in [6.07, 6.45) is 4.58. The molecule has 148 valence electrons. The molecule has 1 aromatic heterocycles. The largest absolute Gasteiger partial charge is 0.482 e. The van der Waals surface area contributed by atoms with Crippen LogP contribution in [0.15, 0.2) is 24.5 Å². The van der Waals surface area contributed by atoms with Gasteiger partial charge in [0, 0.05) is 12.4 Å². The lowest BCUT2D eigenvalue weighted by molar-refractivity contribution is -0.0522. The van der Waals surface area contributed by atoms with Crippen molar-refractivity contribution in [2.75, 3.05) is 17.2 Å². The molecule has 0 spiro atoms. The highest BCUT2D eigenvalue weighted by atomic mass is 35.5. The predicted molar refractivity (Wildman–Crippen MR) is 101 cm³/mol. The molecule has 2 aliphatic rings. The van der Waals surface area contributed by atoms with E-state index in [0.29, 0.717) is 12.5 Å². The molecule has 0 bridgehead atoms. The lowest BCUT2D eigenvalue weighted by atomic mass is 10.1. The summed E-state index contributed by atoms with van der Waals surface area (Å²) in [7, 11) is 0. The van der Waals surface area contributed by atoms with Gasteiger partial charge in [-0.3, -0.25) is 9.78 Å². The second-order valence-electron chi connectivity index (χ2n) is 6.50. The van der Waals surface area contributed by atoms with Crippen LogP contribution in [0.4, 0.5) is 20.2 Å². The van der Waals surface area contributed by atoms with Gasteiger partial charge in [0.25, 0.3) is 5.91 Å². The molecule has 1 atom stereocenters. The Morgan fingerprint density at radius 2 is 2.00 bits per heavy atom. The molecule has 0 radical (unpaired) electrons. The molecule has 2 N–H and O–H groups in total. The summed E-state index contributed by atoms with van der Waals surface area (Å²) in [4.78, 5) is 16.6. The van der Waals surface area contributed by atoms with Crippen LogP contribution in [0.3, 0.4) is 0 Å². The van der Waals surface area contributed by atoms with Gasteiger partial charge in [-0.1, -0.05) is 23.2 Å². The summed E-state index contributed by atoms with van der Waals surface area (Å²) < 4.78 is 36.0. The van der Waals surface area contributed by atoms with E-state index < -0.39 is 12.5 Å². The number of alkyl halides is 2. The lowest BCUT2D eigenvalue weighted by Gasteiger charge is -2.30. The van der Waals surface area contributed by atoms with Crippen LogP contribution in [-0.4, -0.2) is 30.2 Å². The van der Waals surface area contributed by atoms with Crippen LogP contribution in [0.25, 0.3) is 0 Å². The van der Waals surface area contributed by atoms with Gasteiger partial charge in [0.05, 0.1) is 33.5 Å². The zero-order chi connectivity index (χ0) is 19.8. The average Bonchev–Trinajstić information content (AvgIpc) is 3.49. The fourth-order valence-corrected chi connectivity index (χ4v) is 3.53. The Labute approximate surface area is 169 Å². The number of ether oxygens (including phenoxy) is 2. The fraction of sp³-hybridized carbons (Fsp3) is 0.333. The van der Waals surface area contributed by atoms with Gasteiger partial charge >= 0.3 is 6.61 Å². The van der Waals surface area contributed by atoms with E-state index >= 15 is 0 Å². The molecular weight excluding hydrogens is 415 g/mol. The topological polar surface area (TPSA) is 72.5 Å². The summed E-state index contributed by atoms with van der Waals surface area (Å²) in [6.45, 7) is -2.55. The Morgan fingerprint density at radius 1 is 1.29 bits per heavy atom. The second kappa shape index (κ2) is 7.60. The summed E-state index contributed by atoms with van der Waals surface area (Å²) in [6, 6.07) is 2.66. The maximum Gasteiger partial charge on any atom is 0.387 e. The number of rotatable bonds is 5. The predicted octanol–water partition coefficient (Wildman–Crippen LogP) is 4.83. The quantitative estimate of drug-likeness (QED) is 0.712. The van der Waals surface area contributed by atoms with Gasteiger partial charge in [-0.2, -0.15) is 8.78 Å². The number of carbonyl (C=O) groups is 1. The summed E-state index contributed by atoms with van der Waals surface area (Å²) >= 11 is 12.1. The van der Waals surface area contributed by atoms with E-state index in [-0.39, 0.29) is 44.6 Å². The summed E-state index contributed by atoms with van der Waals surface area (Å²) in [5, 5.41) is 6.09. The molecule has 6 nitrogen and oxygen atoms in total. The first-order valence-electron chi connectivity index (χ1n) is 8.56. The minimum absolute atomic E-state index is 0.100. The van der Waals surface area contributed by atoms with Crippen LogP contribution < -0.4 is 20.1 Å². The van der Waals surface area contributed by atoms with E-state index in [1.54, 1.807) is 0 Å². The fourth-order valence-electron chi connectivity index (χ4n) is 3.07. The van der Waals surface area contributed by atoms with Crippen LogP contribution in [0.5, 0.6) is 11.5 Å². The molecule has 2 heterocycles. The molecule has 1 aliphatic carbocycles. The Hall–Kier alpha value is -2.32. The van der Waals surface area contributed by atoms with Crippen LogP contribution >= 0.6 is 23.2 Å². The Bertz CT molecular complexity index is 905. The Kier molecular flexibility index (Phi) is 5.16. The van der Waals surface area contributed by atoms with E-state index in [1.165, 1.54) is 24.5 Å². The second-order valence-corrected chi connectivity index (χ2v) is 7.32. The van der Waals surface area contributed by atoms with Crippen LogP contribution in [0.1, 0.15) is 23.2 Å². The van der Waals surface area contributed by atoms with E-state index in [9.17, 15) is 13.6 Å². The van der Waals surface area contributed by atoms with Crippen LogP contribution in [0.2, 0.25) is 10.0 Å². The first-order chi connectivity index (χ1) is 13.4. The van der Waals surface area contributed by atoms with Gasteiger partial charge in [-0.15, -0.1) is 0 Å². The van der Waals surface area contributed by atoms with Crippen molar-refractivity contribution in [2.24, 2.45) is 5.92 Å². The third-order valence-electron chi connectivity index (χ3n) is 4.57. The average molecular weight is 430 g/mol. The van der Waals surface area contributed by atoms with Gasteiger partial charge in [0.2, 0.25) is 0 Å². The van der Waals surface area contributed by atoms with Crippen molar-refractivity contribution in [3.8, 4) is 11.5 Å². The number of nitrogens with zero attached hydrogens (tertiary/aromatic N) is 1. The van der Waals surface area contributed by atoms with Gasteiger partial charge in [0.15, 0.2) is 11.5 Å². The molecule has 1 fully saturated rings. The molecule has 1 aliphatic heterocycles. The number of benzene rings is 1. The smallest absolute Gasteiger partial charge is 0.387 e. The molecule has 0 saturated heterocycles. The highest BCUT2D eigenvalue weighted by Crippen LogP contribution is 2.46. The van der Waals surface area contributed by atoms with E-state index in [1.807, 2.05) is 0 Å². The lowest BCUT2D eigenvalue weighted by Crippen LogP contribution is -2.34. The van der Waals surface area contributed by atoms with Gasteiger partial charge < -0.3 is 20.1 Å². The number of carbonyl (C=O) groups excluding carboxylic acids is 1. The normalized spacial score (nSPS) is 18.1. The van der Waals surface area contributed by atoms with Crippen LogP contribution in [0, 0.1) is 5.92 Å². The molecule has 1 amide bonds. The molecule has 28 heavy (non-hydrogen) atoms. The summed E-state index contributed by atoms with van der Waals surface area (Å²) in [5.74, 6) is -0.190. The van der Waals surface area contributed by atoms with Crippen molar-refractivity contribution in [1.82, 2.24) is 4.98 Å². The SMILES string of the molecule is O=C(Nc1c(Cl)cncc1Cl)c1ccc(OC(F)F)c2c1NC[C@@H](C1CC1)O2. The third-order valence-corrected chi connectivity index (χ3v) is 5.14. The molecule has 10 heteroatoms. The van der Waals surface area contributed by atoms with E-state index in [2.05, 4.69) is 20.4 Å². The first-order valence-corrected chi connectivity index (χ1v) is 9.32. The van der Waals surface area contributed by atoms with E-state index in [4.69, 9.17) is 27.9 Å². The molecule has 2 aromatic rings. The number of nitrogens with one attached hydrogen (secondary N) is 2. The van der Waals surface area contributed by atoms with Crippen molar-refractivity contribution in [3.63, 3.8) is 0 Å². The van der Waals surface area contributed by atoms with E-state index in [0.717, 1.165) is 12.8 Å². The van der Waals surface area contributed by atoms with Gasteiger partial charge in [-0.25, -0.2) is 0 Å². The van der Waals surface area contributed by atoms with Crippen molar-refractivity contribution in [3.05, 3.63) is 40.1 Å². The number of anilines is 2. The third kappa shape index (κ3) is 3.79. The Morgan fingerprint density at radius 3 is 2.64 bits per heavy atom. The maximum atomic E-state index is 12.8. The molecule has 1 aromatic carbocycles. The maximum absolute atomic E-state index is 12.8. The monoisotopic (exact) mass is 429 g/mol. The van der Waals surface area contributed by atoms with Crippen molar-refractivity contribution < 1.29 is 23.0 Å². The number of hydrogen-bond donors (Lipinski definition) is 2. The molecule has 1 saturated carbocycles. The van der Waals surface area contributed by atoms with Crippen molar-refractivity contribution >= 4 is 40.5 Å². The standard InChI is InChI=1S/C18H15Cl2F2N3O3/c19-10-5-23-6-11(20)15(10)25-17(26)9-3-4-12(28-18(21)22)16-14(9)24-7-13(27-16)8-1-2-8/h3-6,8,13,18,24H,1-2,7H2,(H,23,25,26)/t13-/m0/s1. The number of halogens is 4. The number of pyridine rings is 1. The number of hydrogen-bond acceptors (Lipinski definition) is 5.